The van der Waals surface area contributed by atoms with Crippen LogP contribution in [0, 0.1) is 6.92 Å². The van der Waals surface area contributed by atoms with Crippen LogP contribution in [0.15, 0.2) is 48.9 Å². The zero-order chi connectivity index (χ0) is 23.8. The summed E-state index contributed by atoms with van der Waals surface area (Å²) in [5, 5.41) is 14.9. The Morgan fingerprint density at radius 3 is 2.74 bits per heavy atom. The summed E-state index contributed by atoms with van der Waals surface area (Å²) in [7, 11) is 1.87. The van der Waals surface area contributed by atoms with Crippen molar-refractivity contribution in [3.63, 3.8) is 0 Å². The Balaban J connectivity index is 1.25. The molecule has 35 heavy (non-hydrogen) atoms. The number of hydrogen-bond donors (Lipinski definition) is 2. The number of benzene rings is 2. The predicted octanol–water partition coefficient (Wildman–Crippen LogP) is 2.96. The van der Waals surface area contributed by atoms with Crippen LogP contribution in [0.5, 0.6) is 11.5 Å². The summed E-state index contributed by atoms with van der Waals surface area (Å²) in [6.07, 6.45) is 3.27. The van der Waals surface area contributed by atoms with Gasteiger partial charge in [0.1, 0.15) is 34.4 Å². The first-order valence-corrected chi connectivity index (χ1v) is 11.4. The molecule has 0 saturated carbocycles. The Morgan fingerprint density at radius 1 is 1.00 bits per heavy atom. The lowest BCUT2D eigenvalue weighted by molar-refractivity contribution is 0.479. The fraction of sp³-hybridized carbons (Fsp3) is 0.250. The molecule has 0 aliphatic carbocycles. The van der Waals surface area contributed by atoms with Gasteiger partial charge in [-0.25, -0.2) is 24.6 Å². The molecule has 1 aliphatic heterocycles. The van der Waals surface area contributed by atoms with E-state index < -0.39 is 0 Å². The van der Waals surface area contributed by atoms with E-state index in [1.165, 1.54) is 6.33 Å². The minimum atomic E-state index is 0.634. The van der Waals surface area contributed by atoms with Crippen molar-refractivity contribution in [2.75, 3.05) is 36.4 Å². The number of anilines is 3. The van der Waals surface area contributed by atoms with Gasteiger partial charge in [-0.3, -0.25) is 0 Å². The van der Waals surface area contributed by atoms with Gasteiger partial charge in [-0.15, -0.1) is 5.10 Å². The lowest BCUT2D eigenvalue weighted by atomic mass is 10.2. The Hall–Kier alpha value is -4.38. The first-order chi connectivity index (χ1) is 17.1. The second-order valence-corrected chi connectivity index (χ2v) is 8.43. The third-order valence-corrected chi connectivity index (χ3v) is 6.01. The summed E-state index contributed by atoms with van der Waals surface area (Å²) in [5.41, 5.74) is 4.97. The van der Waals surface area contributed by atoms with Gasteiger partial charge in [0.05, 0.1) is 11.7 Å². The Bertz CT molecular complexity index is 1530. The average Bonchev–Trinajstić information content (AvgIpc) is 3.26. The molecule has 2 N–H and O–H groups in total. The summed E-state index contributed by atoms with van der Waals surface area (Å²) in [6, 6.07) is 11.7. The lowest BCUT2D eigenvalue weighted by Crippen LogP contribution is -2.44. The summed E-state index contributed by atoms with van der Waals surface area (Å²) < 4.78 is 7.86. The highest BCUT2D eigenvalue weighted by Crippen LogP contribution is 2.30. The maximum atomic E-state index is 6.12. The number of piperazine rings is 1. The minimum absolute atomic E-state index is 0.634. The number of nitrogens with zero attached hydrogens (tertiary/aromatic N) is 8. The van der Waals surface area contributed by atoms with Gasteiger partial charge >= 0.3 is 0 Å². The fourth-order valence-electron chi connectivity index (χ4n) is 4.14. The molecular formula is C24H24N10O. The van der Waals surface area contributed by atoms with E-state index in [0.29, 0.717) is 28.5 Å². The van der Waals surface area contributed by atoms with Gasteiger partial charge in [-0.05, 0) is 42.8 Å². The van der Waals surface area contributed by atoms with Gasteiger partial charge in [0, 0.05) is 45.0 Å². The Kier molecular flexibility index (Phi) is 5.30. The van der Waals surface area contributed by atoms with E-state index in [0.717, 1.165) is 54.2 Å². The van der Waals surface area contributed by atoms with Crippen molar-refractivity contribution in [3.8, 4) is 11.5 Å². The van der Waals surface area contributed by atoms with E-state index in [1.807, 2.05) is 50.4 Å². The summed E-state index contributed by atoms with van der Waals surface area (Å²) in [4.78, 5) is 20.2. The van der Waals surface area contributed by atoms with Crippen LogP contribution in [0.3, 0.4) is 0 Å². The van der Waals surface area contributed by atoms with E-state index in [4.69, 9.17) is 9.72 Å². The van der Waals surface area contributed by atoms with Gasteiger partial charge in [0.2, 0.25) is 5.95 Å². The highest BCUT2D eigenvalue weighted by Gasteiger charge is 2.16. The van der Waals surface area contributed by atoms with Crippen molar-refractivity contribution < 1.29 is 4.74 Å². The zero-order valence-corrected chi connectivity index (χ0v) is 19.4. The molecule has 2 aromatic carbocycles. The number of nitrogens with one attached hydrogen (secondary N) is 2. The van der Waals surface area contributed by atoms with Crippen LogP contribution >= 0.6 is 0 Å². The second kappa shape index (κ2) is 8.76. The van der Waals surface area contributed by atoms with E-state index in [-0.39, 0.29) is 0 Å². The normalized spacial score (nSPS) is 13.9. The largest absolute Gasteiger partial charge is 0.457 e. The van der Waals surface area contributed by atoms with Crippen molar-refractivity contribution in [3.05, 3.63) is 54.5 Å². The first kappa shape index (κ1) is 21.2. The Labute approximate surface area is 201 Å². The van der Waals surface area contributed by atoms with E-state index in [2.05, 4.69) is 40.8 Å². The molecule has 1 fully saturated rings. The molecule has 0 unspecified atom stereocenters. The van der Waals surface area contributed by atoms with Gasteiger partial charge in [-0.1, -0.05) is 5.21 Å². The highest BCUT2D eigenvalue weighted by molar-refractivity contribution is 5.87. The maximum absolute atomic E-state index is 6.12. The highest BCUT2D eigenvalue weighted by atomic mass is 16.5. The van der Waals surface area contributed by atoms with Crippen molar-refractivity contribution in [2.24, 2.45) is 7.05 Å². The van der Waals surface area contributed by atoms with Crippen LogP contribution < -0.4 is 20.3 Å². The molecule has 5 aromatic rings. The summed E-state index contributed by atoms with van der Waals surface area (Å²) >= 11 is 0. The molecule has 11 nitrogen and oxygen atoms in total. The molecule has 176 valence electrons. The molecule has 6 rings (SSSR count). The monoisotopic (exact) mass is 468 g/mol. The molecule has 11 heteroatoms. The summed E-state index contributed by atoms with van der Waals surface area (Å²) in [5.74, 6) is 2.79. The van der Waals surface area contributed by atoms with Crippen LogP contribution in [0.25, 0.3) is 22.1 Å². The molecule has 0 amide bonds. The number of hydrogen-bond acceptors (Lipinski definition) is 10. The van der Waals surface area contributed by atoms with Gasteiger partial charge in [-0.2, -0.15) is 0 Å². The smallest absolute Gasteiger partial charge is 0.226 e. The molecular weight excluding hydrogens is 444 g/mol. The average molecular weight is 469 g/mol. The third kappa shape index (κ3) is 4.17. The topological polar surface area (TPSA) is 119 Å². The van der Waals surface area contributed by atoms with Crippen molar-refractivity contribution in [1.82, 2.24) is 40.2 Å². The molecule has 1 aliphatic rings. The predicted molar refractivity (Wildman–Crippen MR) is 133 cm³/mol. The number of fused-ring (bicyclic) bond motifs is 2. The lowest BCUT2D eigenvalue weighted by Gasteiger charge is -2.27. The van der Waals surface area contributed by atoms with E-state index in [1.54, 1.807) is 10.9 Å². The number of rotatable bonds is 5. The van der Waals surface area contributed by atoms with Crippen LogP contribution in [0.1, 0.15) is 5.56 Å². The minimum Gasteiger partial charge on any atom is -0.457 e. The number of aryl methyl sites for hydroxylation is 2. The van der Waals surface area contributed by atoms with Crippen LogP contribution in [-0.4, -0.2) is 61.1 Å². The van der Waals surface area contributed by atoms with Crippen LogP contribution in [-0.2, 0) is 7.05 Å². The molecule has 0 spiro atoms. The van der Waals surface area contributed by atoms with Gasteiger partial charge in [0.25, 0.3) is 0 Å². The first-order valence-electron chi connectivity index (χ1n) is 11.4. The second-order valence-electron chi connectivity index (χ2n) is 8.43. The number of aromatic nitrogens is 7. The molecule has 0 radical (unpaired) electrons. The standard InChI is InChI=1S/C24H24N10O/c1-15-11-16(3-6-21(15)35-17-4-5-20-18(12-17)31-32-33(20)2)29-23-22-19(27-14-28-23)13-26-24(30-22)34-9-7-25-8-10-34/h3-6,11-14,25H,7-10H2,1-2H3,(H,27,28,29). The van der Waals surface area contributed by atoms with Crippen LogP contribution in [0.4, 0.5) is 17.5 Å². The molecule has 1 saturated heterocycles. The molecule has 3 aromatic heterocycles. The van der Waals surface area contributed by atoms with Crippen molar-refractivity contribution >= 4 is 39.5 Å². The third-order valence-electron chi connectivity index (χ3n) is 6.01. The van der Waals surface area contributed by atoms with E-state index >= 15 is 0 Å². The van der Waals surface area contributed by atoms with E-state index in [9.17, 15) is 0 Å². The fourth-order valence-corrected chi connectivity index (χ4v) is 4.14. The molecule has 4 heterocycles. The Morgan fingerprint density at radius 2 is 1.89 bits per heavy atom. The van der Waals surface area contributed by atoms with Crippen molar-refractivity contribution in [1.29, 1.82) is 0 Å². The quantitative estimate of drug-likeness (QED) is 0.398. The summed E-state index contributed by atoms with van der Waals surface area (Å²) in [6.45, 7) is 5.57. The van der Waals surface area contributed by atoms with Crippen LogP contribution in [0.2, 0.25) is 0 Å². The van der Waals surface area contributed by atoms with Gasteiger partial charge < -0.3 is 20.3 Å². The molecule has 0 atom stereocenters. The molecule has 0 bridgehead atoms. The SMILES string of the molecule is Cc1cc(Nc2ncnc3cnc(N4CCNCC4)nc23)ccc1Oc1ccc2c(c1)nnn2C. The number of ether oxygens (including phenoxy) is 1. The maximum Gasteiger partial charge on any atom is 0.226 e. The van der Waals surface area contributed by atoms with Crippen molar-refractivity contribution in [2.45, 2.75) is 6.92 Å². The zero-order valence-electron chi connectivity index (χ0n) is 19.4. The van der Waals surface area contributed by atoms with Gasteiger partial charge in [0.15, 0.2) is 5.82 Å².